The Morgan fingerprint density at radius 2 is 0.574 bits per heavy atom. The van der Waals surface area contributed by atoms with Crippen LogP contribution in [0.1, 0.15) is 357 Å². The quantitative estimate of drug-likeness (QED) is 0.0169. The SMILES string of the molecule is CCCCCC/C=C\C=C/CCCCCCCC(=O)O[C@H](COC(=O)CCCCCCCCCCCCC(C)C)COP(=O)(O)OCC(O)COP(=O)(O)OC[C@@H](COC(=O)CCCCCCCCCC(C)C)OC(=O)CCCCCCCCCCCCCCCC(C)C. The molecule has 0 radical (unpaired) electrons. The molecule has 0 aromatic rings. The van der Waals surface area contributed by atoms with E-state index in [0.717, 1.165) is 121 Å². The van der Waals surface area contributed by atoms with Crippen molar-refractivity contribution in [2.24, 2.45) is 17.8 Å². The topological polar surface area (TPSA) is 237 Å². The Hall–Kier alpha value is -2.46. The standard InChI is InChI=1S/C75H142O17P2/c1-8-9-10-11-12-13-14-15-16-19-22-29-36-44-51-58-74(79)91-70(62-85-72(77)56-49-42-35-28-25-24-27-33-40-47-54-67(4)5)64-89-93(81,82)87-60-69(76)61-88-94(83,84)90-65-71(63-86-73(78)57-50-43-38-31-34-41-48-55-68(6)7)92-75(80)59-52-45-37-30-23-20-17-18-21-26-32-39-46-53-66(2)3/h13-16,66-71,76H,8-12,17-65H2,1-7H3,(H,81,82)(H,83,84)/b14-13-,16-15-/t69?,70-,71-/m1/s1. The number of esters is 4. The molecule has 0 spiro atoms. The Kier molecular flexibility index (Phi) is 63.5. The number of aliphatic hydroxyl groups is 1. The molecule has 5 atom stereocenters. The summed E-state index contributed by atoms with van der Waals surface area (Å²) in [5.41, 5.74) is 0. The molecule has 0 aromatic heterocycles. The first-order valence-electron chi connectivity index (χ1n) is 38.2. The maximum absolute atomic E-state index is 13.1. The van der Waals surface area contributed by atoms with Gasteiger partial charge in [-0.3, -0.25) is 37.3 Å². The molecule has 554 valence electrons. The number of aliphatic hydroxyl groups excluding tert-OH is 1. The van der Waals surface area contributed by atoms with Crippen LogP contribution in [-0.2, 0) is 65.4 Å². The van der Waals surface area contributed by atoms with Gasteiger partial charge in [-0.05, 0) is 69.1 Å². The van der Waals surface area contributed by atoms with E-state index in [-0.39, 0.29) is 25.7 Å². The maximum Gasteiger partial charge on any atom is 0.472 e. The van der Waals surface area contributed by atoms with Crippen molar-refractivity contribution < 1.29 is 80.2 Å². The third kappa shape index (κ3) is 68.1. The molecule has 0 aliphatic heterocycles. The van der Waals surface area contributed by atoms with E-state index in [9.17, 15) is 43.2 Å². The van der Waals surface area contributed by atoms with Crippen molar-refractivity contribution in [2.45, 2.75) is 375 Å². The molecule has 0 bridgehead atoms. The zero-order chi connectivity index (χ0) is 69.4. The van der Waals surface area contributed by atoms with Crippen molar-refractivity contribution in [2.75, 3.05) is 39.6 Å². The van der Waals surface area contributed by atoms with Gasteiger partial charge in [-0.1, -0.05) is 304 Å². The van der Waals surface area contributed by atoms with E-state index in [1.54, 1.807) is 0 Å². The molecule has 0 heterocycles. The van der Waals surface area contributed by atoms with E-state index in [1.165, 1.54) is 148 Å². The van der Waals surface area contributed by atoms with Gasteiger partial charge in [-0.25, -0.2) is 9.13 Å². The maximum atomic E-state index is 13.1. The molecule has 0 rings (SSSR count). The van der Waals surface area contributed by atoms with Crippen molar-refractivity contribution in [3.05, 3.63) is 24.3 Å². The van der Waals surface area contributed by atoms with Crippen LogP contribution < -0.4 is 0 Å². The van der Waals surface area contributed by atoms with Gasteiger partial charge in [-0.2, -0.15) is 0 Å². The van der Waals surface area contributed by atoms with Gasteiger partial charge < -0.3 is 33.8 Å². The van der Waals surface area contributed by atoms with Crippen LogP contribution in [0.25, 0.3) is 0 Å². The Labute approximate surface area is 573 Å². The van der Waals surface area contributed by atoms with E-state index in [1.807, 2.05) is 0 Å². The number of carbonyl (C=O) groups is 4. The zero-order valence-electron chi connectivity index (χ0n) is 60.9. The third-order valence-corrected chi connectivity index (χ3v) is 18.7. The van der Waals surface area contributed by atoms with Gasteiger partial charge in [0.05, 0.1) is 26.4 Å². The summed E-state index contributed by atoms with van der Waals surface area (Å²) in [6.07, 6.45) is 53.6. The predicted octanol–water partition coefficient (Wildman–Crippen LogP) is 21.3. The lowest BCUT2D eigenvalue weighted by molar-refractivity contribution is -0.161. The Bertz CT molecular complexity index is 1930. The second kappa shape index (κ2) is 65.2. The predicted molar refractivity (Wildman–Crippen MR) is 381 cm³/mol. The number of phosphoric ester groups is 2. The number of unbranched alkanes of at least 4 members (excludes halogenated alkanes) is 36. The van der Waals surface area contributed by atoms with Crippen LogP contribution in [0.5, 0.6) is 0 Å². The van der Waals surface area contributed by atoms with Crippen LogP contribution in [0.3, 0.4) is 0 Å². The van der Waals surface area contributed by atoms with Gasteiger partial charge in [0, 0.05) is 25.7 Å². The number of carbonyl (C=O) groups excluding carboxylic acids is 4. The van der Waals surface area contributed by atoms with Crippen molar-refractivity contribution in [1.82, 2.24) is 0 Å². The smallest absolute Gasteiger partial charge is 0.462 e. The van der Waals surface area contributed by atoms with Crippen LogP contribution in [0.2, 0.25) is 0 Å². The minimum absolute atomic E-state index is 0.0844. The summed E-state index contributed by atoms with van der Waals surface area (Å²) in [5, 5.41) is 10.6. The van der Waals surface area contributed by atoms with Crippen LogP contribution in [-0.4, -0.2) is 96.7 Å². The van der Waals surface area contributed by atoms with E-state index in [4.69, 9.17) is 37.0 Å². The van der Waals surface area contributed by atoms with Crippen molar-refractivity contribution in [3.63, 3.8) is 0 Å². The van der Waals surface area contributed by atoms with Crippen LogP contribution in [0.4, 0.5) is 0 Å². The molecule has 0 saturated carbocycles. The number of phosphoric acid groups is 2. The minimum Gasteiger partial charge on any atom is -0.462 e. The number of hydrogen-bond acceptors (Lipinski definition) is 15. The average molecular weight is 1380 g/mol. The van der Waals surface area contributed by atoms with Gasteiger partial charge in [0.2, 0.25) is 0 Å². The molecule has 0 saturated heterocycles. The monoisotopic (exact) mass is 1380 g/mol. The largest absolute Gasteiger partial charge is 0.472 e. The molecule has 3 unspecified atom stereocenters. The number of ether oxygens (including phenoxy) is 4. The molecule has 0 aromatic carbocycles. The van der Waals surface area contributed by atoms with E-state index >= 15 is 0 Å². The molecule has 94 heavy (non-hydrogen) atoms. The lowest BCUT2D eigenvalue weighted by Gasteiger charge is -2.21. The normalized spacial score (nSPS) is 14.3. The third-order valence-electron chi connectivity index (χ3n) is 16.8. The fourth-order valence-electron chi connectivity index (χ4n) is 10.9. The Morgan fingerprint density at radius 3 is 0.862 bits per heavy atom. The molecule has 0 aliphatic carbocycles. The summed E-state index contributed by atoms with van der Waals surface area (Å²) in [7, 11) is -9.92. The summed E-state index contributed by atoms with van der Waals surface area (Å²) < 4.78 is 68.4. The first-order valence-corrected chi connectivity index (χ1v) is 41.2. The van der Waals surface area contributed by atoms with E-state index < -0.39 is 97.5 Å². The summed E-state index contributed by atoms with van der Waals surface area (Å²) in [4.78, 5) is 72.7. The summed E-state index contributed by atoms with van der Waals surface area (Å²) in [5.74, 6) is 0.0938. The molecular weight excluding hydrogens is 1230 g/mol. The molecule has 0 fully saturated rings. The molecular formula is C75H142O17P2. The molecule has 0 amide bonds. The first kappa shape index (κ1) is 91.5. The van der Waals surface area contributed by atoms with Gasteiger partial charge in [0.1, 0.15) is 19.3 Å². The number of rotatable bonds is 71. The molecule has 0 aliphatic rings. The second-order valence-corrected chi connectivity index (χ2v) is 30.7. The van der Waals surface area contributed by atoms with Crippen LogP contribution >= 0.6 is 15.6 Å². The van der Waals surface area contributed by atoms with Crippen molar-refractivity contribution in [3.8, 4) is 0 Å². The van der Waals surface area contributed by atoms with Crippen LogP contribution in [0.15, 0.2) is 24.3 Å². The number of hydrogen-bond donors (Lipinski definition) is 3. The molecule has 17 nitrogen and oxygen atoms in total. The van der Waals surface area contributed by atoms with Crippen molar-refractivity contribution in [1.29, 1.82) is 0 Å². The molecule has 19 heteroatoms. The minimum atomic E-state index is -4.96. The van der Waals surface area contributed by atoms with Crippen molar-refractivity contribution >= 4 is 39.5 Å². The fraction of sp³-hybridized carbons (Fsp3) is 0.893. The fourth-order valence-corrected chi connectivity index (χ4v) is 12.5. The lowest BCUT2D eigenvalue weighted by atomic mass is 10.0. The van der Waals surface area contributed by atoms with Gasteiger partial charge in [0.15, 0.2) is 12.2 Å². The average Bonchev–Trinajstić information content (AvgIpc) is 1.33. The van der Waals surface area contributed by atoms with E-state index in [0.29, 0.717) is 31.6 Å². The summed E-state index contributed by atoms with van der Waals surface area (Å²) in [6, 6.07) is 0. The van der Waals surface area contributed by atoms with Gasteiger partial charge in [-0.15, -0.1) is 0 Å². The lowest BCUT2D eigenvalue weighted by Crippen LogP contribution is -2.30. The molecule has 3 N–H and O–H groups in total. The summed E-state index contributed by atoms with van der Waals surface area (Å²) >= 11 is 0. The highest BCUT2D eigenvalue weighted by molar-refractivity contribution is 7.47. The summed E-state index contributed by atoms with van der Waals surface area (Å²) in [6.45, 7) is 11.8. The van der Waals surface area contributed by atoms with Gasteiger partial charge in [0.25, 0.3) is 0 Å². The van der Waals surface area contributed by atoms with Crippen LogP contribution in [0, 0.1) is 17.8 Å². The Balaban J connectivity index is 5.29. The number of allylic oxidation sites excluding steroid dienone is 4. The second-order valence-electron chi connectivity index (χ2n) is 27.8. The Morgan fingerprint density at radius 1 is 0.330 bits per heavy atom. The highest BCUT2D eigenvalue weighted by Crippen LogP contribution is 2.45. The zero-order valence-corrected chi connectivity index (χ0v) is 62.7. The highest BCUT2D eigenvalue weighted by Gasteiger charge is 2.30. The van der Waals surface area contributed by atoms with Gasteiger partial charge >= 0.3 is 39.5 Å². The van der Waals surface area contributed by atoms with E-state index in [2.05, 4.69) is 72.8 Å². The first-order chi connectivity index (χ1) is 45.2. The highest BCUT2D eigenvalue weighted by atomic mass is 31.2.